The Morgan fingerprint density at radius 2 is 1.67 bits per heavy atom. The van der Waals surface area contributed by atoms with Gasteiger partial charge in [0.25, 0.3) is 5.91 Å². The molecule has 1 fully saturated rings. The van der Waals surface area contributed by atoms with Crippen LogP contribution in [-0.2, 0) is 14.8 Å². The quantitative estimate of drug-likeness (QED) is 0.466. The van der Waals surface area contributed by atoms with Crippen molar-refractivity contribution in [3.63, 3.8) is 0 Å². The maximum absolute atomic E-state index is 12.6. The number of nitrogens with one attached hydrogen (secondary N) is 3. The van der Waals surface area contributed by atoms with Gasteiger partial charge in [0, 0.05) is 25.2 Å². The van der Waals surface area contributed by atoms with Crippen LogP contribution in [0.5, 0.6) is 0 Å². The molecule has 3 N–H and O–H groups in total. The molecule has 9 heteroatoms. The molecule has 0 radical (unpaired) electrons. The standard InChI is InChI=1S/C24H32N4O4S/c1-4-28(5-2)33(31,32)20-14-10-18(11-15-20)17(3)25-16-23(29)27-22-9-7-6-8-21(22)24(30)26-19-12-13-19/h6-11,14-15,17,19,25H,4-5,12-13,16H2,1-3H3,(H,26,30)(H,27,29)/t17-/m1/s1. The van der Waals surface area contributed by atoms with Crippen molar-refractivity contribution >= 4 is 27.5 Å². The highest BCUT2D eigenvalue weighted by atomic mass is 32.2. The second-order valence-corrected chi connectivity index (χ2v) is 10.0. The molecule has 1 saturated carbocycles. The summed E-state index contributed by atoms with van der Waals surface area (Å²) in [5.74, 6) is -0.455. The molecular formula is C24H32N4O4S. The van der Waals surface area contributed by atoms with Crippen molar-refractivity contribution in [2.45, 2.75) is 50.6 Å². The smallest absolute Gasteiger partial charge is 0.253 e. The van der Waals surface area contributed by atoms with E-state index in [1.54, 1.807) is 48.5 Å². The van der Waals surface area contributed by atoms with Gasteiger partial charge in [-0.3, -0.25) is 9.59 Å². The van der Waals surface area contributed by atoms with Crippen LogP contribution in [0.4, 0.5) is 5.69 Å². The largest absolute Gasteiger partial charge is 0.349 e. The molecule has 0 spiro atoms. The first-order valence-electron chi connectivity index (χ1n) is 11.3. The number of carbonyl (C=O) groups is 2. The minimum atomic E-state index is -3.50. The van der Waals surface area contributed by atoms with Gasteiger partial charge in [-0.25, -0.2) is 8.42 Å². The van der Waals surface area contributed by atoms with Crippen LogP contribution in [0.1, 0.15) is 55.6 Å². The van der Waals surface area contributed by atoms with E-state index in [-0.39, 0.29) is 35.3 Å². The summed E-state index contributed by atoms with van der Waals surface area (Å²) < 4.78 is 26.7. The van der Waals surface area contributed by atoms with Gasteiger partial charge < -0.3 is 16.0 Å². The Labute approximate surface area is 195 Å². The third-order valence-corrected chi connectivity index (χ3v) is 7.71. The van der Waals surface area contributed by atoms with E-state index in [9.17, 15) is 18.0 Å². The number of para-hydroxylation sites is 1. The van der Waals surface area contributed by atoms with Crippen LogP contribution >= 0.6 is 0 Å². The summed E-state index contributed by atoms with van der Waals surface area (Å²) >= 11 is 0. The fourth-order valence-electron chi connectivity index (χ4n) is 3.48. The van der Waals surface area contributed by atoms with E-state index >= 15 is 0 Å². The Morgan fingerprint density at radius 1 is 1.03 bits per heavy atom. The van der Waals surface area contributed by atoms with Crippen LogP contribution in [-0.4, -0.2) is 50.2 Å². The van der Waals surface area contributed by atoms with Gasteiger partial charge in [0.15, 0.2) is 0 Å². The molecule has 2 aromatic carbocycles. The maximum atomic E-state index is 12.6. The zero-order valence-electron chi connectivity index (χ0n) is 19.3. The van der Waals surface area contributed by atoms with E-state index in [1.165, 1.54) is 4.31 Å². The molecular weight excluding hydrogens is 440 g/mol. The summed E-state index contributed by atoms with van der Waals surface area (Å²) in [7, 11) is -3.50. The second-order valence-electron chi connectivity index (χ2n) is 8.10. The first-order valence-corrected chi connectivity index (χ1v) is 12.7. The van der Waals surface area contributed by atoms with Crippen LogP contribution in [0.15, 0.2) is 53.4 Å². The van der Waals surface area contributed by atoms with Crippen molar-refractivity contribution in [2.75, 3.05) is 25.0 Å². The van der Waals surface area contributed by atoms with Crippen LogP contribution in [0.3, 0.4) is 0 Å². The molecule has 2 aromatic rings. The molecule has 1 atom stereocenters. The Kier molecular flexibility index (Phi) is 8.23. The summed E-state index contributed by atoms with van der Waals surface area (Å²) in [6.07, 6.45) is 1.98. The van der Waals surface area contributed by atoms with Gasteiger partial charge in [-0.2, -0.15) is 4.31 Å². The van der Waals surface area contributed by atoms with Gasteiger partial charge in [-0.05, 0) is 49.6 Å². The first kappa shape index (κ1) is 24.9. The molecule has 3 rings (SSSR count). The molecule has 0 aliphatic heterocycles. The molecule has 0 unspecified atom stereocenters. The van der Waals surface area contributed by atoms with Crippen molar-refractivity contribution in [3.05, 3.63) is 59.7 Å². The lowest BCUT2D eigenvalue weighted by molar-refractivity contribution is -0.115. The molecule has 0 saturated heterocycles. The second kappa shape index (κ2) is 10.9. The Hall–Kier alpha value is -2.75. The van der Waals surface area contributed by atoms with Crippen LogP contribution in [0, 0.1) is 0 Å². The molecule has 33 heavy (non-hydrogen) atoms. The number of amides is 2. The van der Waals surface area contributed by atoms with Crippen LogP contribution in [0.25, 0.3) is 0 Å². The summed E-state index contributed by atoms with van der Waals surface area (Å²) in [6, 6.07) is 13.7. The molecule has 2 amide bonds. The number of hydrogen-bond donors (Lipinski definition) is 3. The van der Waals surface area contributed by atoms with Crippen molar-refractivity contribution in [3.8, 4) is 0 Å². The van der Waals surface area contributed by atoms with Crippen molar-refractivity contribution in [2.24, 2.45) is 0 Å². The van der Waals surface area contributed by atoms with E-state index < -0.39 is 10.0 Å². The van der Waals surface area contributed by atoms with Crippen molar-refractivity contribution < 1.29 is 18.0 Å². The van der Waals surface area contributed by atoms with Crippen LogP contribution in [0.2, 0.25) is 0 Å². The van der Waals surface area contributed by atoms with Crippen molar-refractivity contribution in [1.82, 2.24) is 14.9 Å². The topological polar surface area (TPSA) is 108 Å². The molecule has 1 aliphatic rings. The number of hydrogen-bond acceptors (Lipinski definition) is 5. The first-order chi connectivity index (χ1) is 15.8. The van der Waals surface area contributed by atoms with Gasteiger partial charge >= 0.3 is 0 Å². The van der Waals surface area contributed by atoms with E-state index in [0.29, 0.717) is 24.3 Å². The lowest BCUT2D eigenvalue weighted by atomic mass is 10.1. The minimum absolute atomic E-state index is 0.0409. The number of rotatable bonds is 11. The van der Waals surface area contributed by atoms with Gasteiger partial charge in [0.05, 0.1) is 22.7 Å². The van der Waals surface area contributed by atoms with E-state index in [1.807, 2.05) is 20.8 Å². The third kappa shape index (κ3) is 6.40. The molecule has 0 aromatic heterocycles. The average molecular weight is 473 g/mol. The zero-order valence-corrected chi connectivity index (χ0v) is 20.1. The van der Waals surface area contributed by atoms with Crippen LogP contribution < -0.4 is 16.0 Å². The number of sulfonamides is 1. The Morgan fingerprint density at radius 3 is 2.27 bits per heavy atom. The van der Waals surface area contributed by atoms with Gasteiger partial charge in [0.1, 0.15) is 0 Å². The fraction of sp³-hybridized carbons (Fsp3) is 0.417. The SMILES string of the molecule is CCN(CC)S(=O)(=O)c1ccc([C@@H](C)NCC(=O)Nc2ccccc2C(=O)NC2CC2)cc1. The Balaban J connectivity index is 1.57. The van der Waals surface area contributed by atoms with E-state index in [0.717, 1.165) is 18.4 Å². The third-order valence-electron chi connectivity index (χ3n) is 5.65. The predicted molar refractivity (Wildman–Crippen MR) is 129 cm³/mol. The highest BCUT2D eigenvalue weighted by Crippen LogP contribution is 2.22. The lowest BCUT2D eigenvalue weighted by Gasteiger charge is -2.19. The highest BCUT2D eigenvalue weighted by molar-refractivity contribution is 7.89. The summed E-state index contributed by atoms with van der Waals surface area (Å²) in [6.45, 7) is 6.39. The fourth-order valence-corrected chi connectivity index (χ4v) is 4.94. The Bertz CT molecular complexity index is 1080. The number of anilines is 1. The highest BCUT2D eigenvalue weighted by Gasteiger charge is 2.25. The molecule has 0 bridgehead atoms. The van der Waals surface area contributed by atoms with E-state index in [2.05, 4.69) is 16.0 Å². The maximum Gasteiger partial charge on any atom is 0.253 e. The van der Waals surface area contributed by atoms with Gasteiger partial charge in [-0.1, -0.05) is 38.1 Å². The number of carbonyl (C=O) groups excluding carboxylic acids is 2. The number of benzene rings is 2. The molecule has 0 heterocycles. The monoisotopic (exact) mass is 472 g/mol. The predicted octanol–water partition coefficient (Wildman–Crippen LogP) is 2.90. The minimum Gasteiger partial charge on any atom is -0.349 e. The average Bonchev–Trinajstić information content (AvgIpc) is 3.62. The molecule has 1 aliphatic carbocycles. The normalized spacial score (nSPS) is 14.7. The van der Waals surface area contributed by atoms with Crippen molar-refractivity contribution in [1.29, 1.82) is 0 Å². The zero-order chi connectivity index (χ0) is 24.0. The molecule has 178 valence electrons. The summed E-state index contributed by atoms with van der Waals surface area (Å²) in [4.78, 5) is 25.1. The van der Waals surface area contributed by atoms with E-state index in [4.69, 9.17) is 0 Å². The summed E-state index contributed by atoms with van der Waals surface area (Å²) in [5, 5.41) is 8.87. The molecule has 8 nitrogen and oxygen atoms in total. The van der Waals surface area contributed by atoms with Gasteiger partial charge in [0.2, 0.25) is 15.9 Å². The summed E-state index contributed by atoms with van der Waals surface area (Å²) in [5.41, 5.74) is 1.78. The van der Waals surface area contributed by atoms with Gasteiger partial charge in [-0.15, -0.1) is 0 Å². The number of nitrogens with zero attached hydrogens (tertiary/aromatic N) is 1. The lowest BCUT2D eigenvalue weighted by Crippen LogP contribution is -2.32.